The summed E-state index contributed by atoms with van der Waals surface area (Å²) < 4.78 is 10.6. The van der Waals surface area contributed by atoms with E-state index in [2.05, 4.69) is 30.4 Å². The number of carbonyl (C=O) groups is 2. The quantitative estimate of drug-likeness (QED) is 0.655. The molecule has 0 aliphatic heterocycles. The third kappa shape index (κ3) is 5.20. The first-order valence-electron chi connectivity index (χ1n) is 10.1. The number of aryl methyl sites for hydroxylation is 1. The summed E-state index contributed by atoms with van der Waals surface area (Å²) in [6.07, 6.45) is 7.35. The Hall–Kier alpha value is -3.28. The minimum absolute atomic E-state index is 0.133. The van der Waals surface area contributed by atoms with Crippen LogP contribution in [0, 0.1) is 6.92 Å². The lowest BCUT2D eigenvalue weighted by Crippen LogP contribution is -2.43. The van der Waals surface area contributed by atoms with Crippen LogP contribution in [0.2, 0.25) is 0 Å². The largest absolute Gasteiger partial charge is 0.493 e. The molecule has 0 radical (unpaired) electrons. The zero-order valence-corrected chi connectivity index (χ0v) is 17.4. The van der Waals surface area contributed by atoms with Gasteiger partial charge in [-0.15, -0.1) is 0 Å². The van der Waals surface area contributed by atoms with Crippen molar-refractivity contribution in [2.45, 2.75) is 38.1 Å². The van der Waals surface area contributed by atoms with Gasteiger partial charge in [0.2, 0.25) is 5.91 Å². The molecular formula is C24H28N2O4. The van der Waals surface area contributed by atoms with Crippen molar-refractivity contribution >= 4 is 17.9 Å². The normalized spacial score (nSPS) is 15.1. The molecule has 0 heterocycles. The van der Waals surface area contributed by atoms with E-state index in [1.54, 1.807) is 24.3 Å². The number of benzene rings is 2. The van der Waals surface area contributed by atoms with Gasteiger partial charge >= 0.3 is 0 Å². The zero-order chi connectivity index (χ0) is 21.6. The number of hydrogen-bond acceptors (Lipinski definition) is 4. The second-order valence-electron chi connectivity index (χ2n) is 7.65. The molecule has 1 aliphatic rings. The fraction of sp³-hybridized carbons (Fsp3) is 0.333. The number of nitrogens with one attached hydrogen (secondary N) is 1. The summed E-state index contributed by atoms with van der Waals surface area (Å²) in [7, 11) is 1.51. The molecule has 0 atom stereocenters. The van der Waals surface area contributed by atoms with Gasteiger partial charge in [-0.1, -0.05) is 48.7 Å². The Morgan fingerprint density at radius 2 is 1.90 bits per heavy atom. The molecule has 6 nitrogen and oxygen atoms in total. The van der Waals surface area contributed by atoms with Crippen molar-refractivity contribution < 1.29 is 19.1 Å². The number of primary amides is 1. The van der Waals surface area contributed by atoms with Gasteiger partial charge < -0.3 is 20.5 Å². The third-order valence-electron chi connectivity index (χ3n) is 5.38. The molecule has 158 valence electrons. The van der Waals surface area contributed by atoms with E-state index in [4.69, 9.17) is 15.2 Å². The van der Waals surface area contributed by atoms with Crippen LogP contribution in [0.5, 0.6) is 11.5 Å². The fourth-order valence-corrected chi connectivity index (χ4v) is 3.91. The Bertz CT molecular complexity index is 946. The van der Waals surface area contributed by atoms with E-state index in [1.807, 2.05) is 6.07 Å². The van der Waals surface area contributed by atoms with Crippen molar-refractivity contribution in [1.82, 2.24) is 5.32 Å². The second-order valence-corrected chi connectivity index (χ2v) is 7.65. The molecule has 1 saturated carbocycles. The number of hydrogen-bond donors (Lipinski definition) is 2. The number of rotatable bonds is 8. The molecule has 2 aromatic carbocycles. The minimum atomic E-state index is -0.563. The average Bonchev–Trinajstić information content (AvgIpc) is 3.20. The van der Waals surface area contributed by atoms with Crippen molar-refractivity contribution in [3.63, 3.8) is 0 Å². The summed E-state index contributed by atoms with van der Waals surface area (Å²) in [5.74, 6) is 0.187. The van der Waals surface area contributed by atoms with Crippen LogP contribution in [-0.2, 0) is 15.1 Å². The predicted molar refractivity (Wildman–Crippen MR) is 116 cm³/mol. The molecule has 0 aromatic heterocycles. The van der Waals surface area contributed by atoms with Crippen LogP contribution in [0.4, 0.5) is 0 Å². The number of methoxy groups -OCH3 is 1. The highest BCUT2D eigenvalue weighted by Gasteiger charge is 2.36. The predicted octanol–water partition coefficient (Wildman–Crippen LogP) is 3.47. The van der Waals surface area contributed by atoms with Gasteiger partial charge in [-0.05, 0) is 49.1 Å². The third-order valence-corrected chi connectivity index (χ3v) is 5.38. The van der Waals surface area contributed by atoms with Crippen LogP contribution in [-0.4, -0.2) is 25.5 Å². The summed E-state index contributed by atoms with van der Waals surface area (Å²) in [5, 5.41) is 3.25. The molecule has 3 N–H and O–H groups in total. The Kier molecular flexibility index (Phi) is 6.77. The lowest BCUT2D eigenvalue weighted by molar-refractivity contribution is -0.120. The standard InChI is InChI=1S/C24H28N2O4/c1-17-6-5-7-19(14-17)24(12-3-4-13-24)26-23(28)11-9-18-8-10-20(21(15-18)29-2)30-16-22(25)27/h5-11,14-15H,3-4,12-13,16H2,1-2H3,(H2,25,27)(H,26,28)/b11-9+. The molecule has 0 bridgehead atoms. The van der Waals surface area contributed by atoms with Gasteiger partial charge in [0.05, 0.1) is 12.6 Å². The maximum absolute atomic E-state index is 12.7. The number of ether oxygens (including phenoxy) is 2. The first kappa shape index (κ1) is 21.4. The molecule has 0 unspecified atom stereocenters. The van der Waals surface area contributed by atoms with Gasteiger partial charge in [-0.25, -0.2) is 0 Å². The summed E-state index contributed by atoms with van der Waals surface area (Å²) in [5.41, 5.74) is 7.94. The van der Waals surface area contributed by atoms with E-state index < -0.39 is 5.91 Å². The second kappa shape index (κ2) is 9.48. The number of amides is 2. The topological polar surface area (TPSA) is 90.7 Å². The lowest BCUT2D eigenvalue weighted by Gasteiger charge is -2.31. The Morgan fingerprint density at radius 3 is 2.57 bits per heavy atom. The molecule has 6 heteroatoms. The maximum atomic E-state index is 12.7. The summed E-state index contributed by atoms with van der Waals surface area (Å²) in [6, 6.07) is 13.6. The summed E-state index contributed by atoms with van der Waals surface area (Å²) >= 11 is 0. The molecule has 0 spiro atoms. The van der Waals surface area contributed by atoms with Gasteiger partial charge in [-0.2, -0.15) is 0 Å². The van der Waals surface area contributed by atoms with Crippen molar-refractivity contribution in [1.29, 1.82) is 0 Å². The number of carbonyl (C=O) groups excluding carboxylic acids is 2. The van der Waals surface area contributed by atoms with E-state index in [9.17, 15) is 9.59 Å². The molecule has 30 heavy (non-hydrogen) atoms. The average molecular weight is 408 g/mol. The van der Waals surface area contributed by atoms with Gasteiger partial charge in [-0.3, -0.25) is 9.59 Å². The Labute approximate surface area is 177 Å². The highest BCUT2D eigenvalue weighted by molar-refractivity contribution is 5.92. The minimum Gasteiger partial charge on any atom is -0.493 e. The lowest BCUT2D eigenvalue weighted by atomic mass is 9.87. The van der Waals surface area contributed by atoms with Crippen LogP contribution in [0.15, 0.2) is 48.5 Å². The molecular weight excluding hydrogens is 380 g/mol. The van der Waals surface area contributed by atoms with Gasteiger partial charge in [0.1, 0.15) is 0 Å². The number of nitrogens with two attached hydrogens (primary N) is 1. The van der Waals surface area contributed by atoms with Gasteiger partial charge in [0.15, 0.2) is 18.1 Å². The highest BCUT2D eigenvalue weighted by Crippen LogP contribution is 2.39. The van der Waals surface area contributed by atoms with Crippen molar-refractivity contribution in [2.24, 2.45) is 5.73 Å². The first-order valence-corrected chi connectivity index (χ1v) is 10.1. The molecule has 0 saturated heterocycles. The van der Waals surface area contributed by atoms with Gasteiger partial charge in [0.25, 0.3) is 5.91 Å². The van der Waals surface area contributed by atoms with Crippen LogP contribution >= 0.6 is 0 Å². The zero-order valence-electron chi connectivity index (χ0n) is 17.4. The monoisotopic (exact) mass is 408 g/mol. The van der Waals surface area contributed by atoms with Crippen LogP contribution in [0.1, 0.15) is 42.4 Å². The van der Waals surface area contributed by atoms with E-state index in [-0.39, 0.29) is 18.1 Å². The molecule has 1 aliphatic carbocycles. The van der Waals surface area contributed by atoms with Crippen molar-refractivity contribution in [3.8, 4) is 11.5 Å². The van der Waals surface area contributed by atoms with Crippen LogP contribution < -0.4 is 20.5 Å². The van der Waals surface area contributed by atoms with Crippen LogP contribution in [0.3, 0.4) is 0 Å². The van der Waals surface area contributed by atoms with E-state index in [1.165, 1.54) is 24.3 Å². The van der Waals surface area contributed by atoms with E-state index in [0.29, 0.717) is 11.5 Å². The van der Waals surface area contributed by atoms with Crippen molar-refractivity contribution in [2.75, 3.05) is 13.7 Å². The molecule has 2 aromatic rings. The molecule has 2 amide bonds. The summed E-state index contributed by atoms with van der Waals surface area (Å²) in [6.45, 7) is 1.84. The van der Waals surface area contributed by atoms with Crippen LogP contribution in [0.25, 0.3) is 6.08 Å². The van der Waals surface area contributed by atoms with E-state index >= 15 is 0 Å². The summed E-state index contributed by atoms with van der Waals surface area (Å²) in [4.78, 5) is 23.6. The SMILES string of the molecule is COc1cc(/C=C/C(=O)NC2(c3cccc(C)c3)CCCC2)ccc1OCC(N)=O. The smallest absolute Gasteiger partial charge is 0.255 e. The Balaban J connectivity index is 1.72. The molecule has 1 fully saturated rings. The van der Waals surface area contributed by atoms with E-state index in [0.717, 1.165) is 31.2 Å². The van der Waals surface area contributed by atoms with Crippen molar-refractivity contribution in [3.05, 3.63) is 65.2 Å². The Morgan fingerprint density at radius 1 is 1.13 bits per heavy atom. The highest BCUT2D eigenvalue weighted by atomic mass is 16.5. The maximum Gasteiger partial charge on any atom is 0.255 e. The van der Waals surface area contributed by atoms with Gasteiger partial charge in [0, 0.05) is 6.08 Å². The first-order chi connectivity index (χ1) is 14.4. The fourth-order valence-electron chi connectivity index (χ4n) is 3.91. The molecule has 3 rings (SSSR count).